The van der Waals surface area contributed by atoms with Crippen molar-refractivity contribution in [3.05, 3.63) is 29.6 Å². The van der Waals surface area contributed by atoms with E-state index in [1.807, 2.05) is 0 Å². The van der Waals surface area contributed by atoms with Gasteiger partial charge in [0.2, 0.25) is 0 Å². The molecule has 1 fully saturated rings. The molecule has 3 rings (SSSR count). The Morgan fingerprint density at radius 2 is 2.24 bits per heavy atom. The van der Waals surface area contributed by atoms with Crippen molar-refractivity contribution in [1.29, 1.82) is 0 Å². The fourth-order valence-corrected chi connectivity index (χ4v) is 2.41. The Morgan fingerprint density at radius 3 is 2.88 bits per heavy atom. The largest absolute Gasteiger partial charge is 0.331 e. The Balaban J connectivity index is 2.10. The van der Waals surface area contributed by atoms with Gasteiger partial charge in [-0.15, -0.1) is 0 Å². The third-order valence-electron chi connectivity index (χ3n) is 3.75. The van der Waals surface area contributed by atoms with Crippen molar-refractivity contribution in [2.75, 3.05) is 0 Å². The zero-order chi connectivity index (χ0) is 12.0. The third-order valence-corrected chi connectivity index (χ3v) is 3.75. The second kappa shape index (κ2) is 3.84. The van der Waals surface area contributed by atoms with Crippen LogP contribution in [-0.2, 0) is 7.05 Å². The Hall–Kier alpha value is -1.35. The zero-order valence-electron chi connectivity index (χ0n) is 10.5. The number of hydrogen-bond acceptors (Lipinski definition) is 2. The van der Waals surface area contributed by atoms with Crippen molar-refractivity contribution < 1.29 is 0 Å². The number of hydrogen-bond donors (Lipinski definition) is 1. The molecule has 0 spiro atoms. The summed E-state index contributed by atoms with van der Waals surface area (Å²) in [6.07, 6.45) is 3.55. The average Bonchev–Trinajstić information content (AvgIpc) is 3.14. The minimum absolute atomic E-state index is 0.130. The molecule has 1 atom stereocenters. The molecule has 1 aliphatic rings. The summed E-state index contributed by atoms with van der Waals surface area (Å²) in [5.41, 5.74) is 9.58. The van der Waals surface area contributed by atoms with Crippen molar-refractivity contribution in [3.63, 3.8) is 0 Å². The number of nitrogens with zero attached hydrogens (tertiary/aromatic N) is 2. The summed E-state index contributed by atoms with van der Waals surface area (Å²) in [6.45, 7) is 2.11. The smallest absolute Gasteiger partial charge is 0.112 e. The molecular formula is C14H19N3. The molecule has 1 aromatic carbocycles. The molecule has 1 aliphatic carbocycles. The molecule has 90 valence electrons. The molecule has 3 heteroatoms. The molecule has 0 saturated heterocycles. The lowest BCUT2D eigenvalue weighted by Crippen LogP contribution is -2.08. The molecule has 2 aromatic rings. The number of imidazole rings is 1. The van der Waals surface area contributed by atoms with Gasteiger partial charge in [0.25, 0.3) is 0 Å². The topological polar surface area (TPSA) is 43.8 Å². The number of aryl methyl sites for hydroxylation is 1. The molecule has 1 unspecified atom stereocenters. The predicted octanol–water partition coefficient (Wildman–Crippen LogP) is 2.86. The first kappa shape index (κ1) is 10.8. The van der Waals surface area contributed by atoms with Crippen LogP contribution in [-0.4, -0.2) is 9.55 Å². The van der Waals surface area contributed by atoms with E-state index in [4.69, 9.17) is 10.7 Å². The van der Waals surface area contributed by atoms with Crippen LogP contribution in [0.25, 0.3) is 11.0 Å². The monoisotopic (exact) mass is 229 g/mol. The van der Waals surface area contributed by atoms with E-state index < -0.39 is 0 Å². The second-order valence-electron chi connectivity index (χ2n) is 5.07. The highest BCUT2D eigenvalue weighted by atomic mass is 15.1. The minimum Gasteiger partial charge on any atom is -0.331 e. The first-order valence-corrected chi connectivity index (χ1v) is 6.42. The van der Waals surface area contributed by atoms with E-state index in [1.54, 1.807) is 0 Å². The molecule has 1 heterocycles. The SMILES string of the molecule is CCC(N)c1ccc2c(c1)nc(C1CC1)n2C. The summed E-state index contributed by atoms with van der Waals surface area (Å²) < 4.78 is 2.23. The van der Waals surface area contributed by atoms with Gasteiger partial charge in [-0.3, -0.25) is 0 Å². The van der Waals surface area contributed by atoms with Crippen LogP contribution in [0.15, 0.2) is 18.2 Å². The number of benzene rings is 1. The van der Waals surface area contributed by atoms with E-state index in [0.717, 1.165) is 11.9 Å². The van der Waals surface area contributed by atoms with Gasteiger partial charge in [0, 0.05) is 19.0 Å². The van der Waals surface area contributed by atoms with Crippen LogP contribution in [0.3, 0.4) is 0 Å². The maximum absolute atomic E-state index is 6.07. The molecule has 1 saturated carbocycles. The fraction of sp³-hybridized carbons (Fsp3) is 0.500. The lowest BCUT2D eigenvalue weighted by Gasteiger charge is -2.08. The third kappa shape index (κ3) is 1.75. The molecule has 0 aliphatic heterocycles. The van der Waals surface area contributed by atoms with E-state index in [2.05, 4.69) is 36.7 Å². The normalized spacial score (nSPS) is 17.6. The quantitative estimate of drug-likeness (QED) is 0.879. The van der Waals surface area contributed by atoms with Crippen LogP contribution in [0, 0.1) is 0 Å². The van der Waals surface area contributed by atoms with Crippen LogP contribution < -0.4 is 5.73 Å². The molecule has 0 amide bonds. The highest BCUT2D eigenvalue weighted by Gasteiger charge is 2.28. The fourth-order valence-electron chi connectivity index (χ4n) is 2.41. The molecule has 2 N–H and O–H groups in total. The Bertz CT molecular complexity index is 552. The Morgan fingerprint density at radius 1 is 1.47 bits per heavy atom. The van der Waals surface area contributed by atoms with E-state index in [0.29, 0.717) is 5.92 Å². The standard InChI is InChI=1S/C14H19N3/c1-3-11(15)10-6-7-13-12(8-10)16-14(17(13)2)9-4-5-9/h6-9,11H,3-5,15H2,1-2H3. The molecule has 17 heavy (non-hydrogen) atoms. The van der Waals surface area contributed by atoms with Gasteiger partial charge in [-0.1, -0.05) is 13.0 Å². The van der Waals surface area contributed by atoms with Gasteiger partial charge in [-0.05, 0) is 37.0 Å². The number of aromatic nitrogens is 2. The second-order valence-corrected chi connectivity index (χ2v) is 5.07. The summed E-state index contributed by atoms with van der Waals surface area (Å²) in [4.78, 5) is 4.76. The van der Waals surface area contributed by atoms with Crippen molar-refractivity contribution in [2.24, 2.45) is 12.8 Å². The number of nitrogens with two attached hydrogens (primary N) is 1. The zero-order valence-corrected chi connectivity index (χ0v) is 10.5. The van der Waals surface area contributed by atoms with Crippen molar-refractivity contribution in [1.82, 2.24) is 9.55 Å². The highest BCUT2D eigenvalue weighted by molar-refractivity contribution is 5.77. The maximum Gasteiger partial charge on any atom is 0.112 e. The van der Waals surface area contributed by atoms with Gasteiger partial charge in [-0.2, -0.15) is 0 Å². The van der Waals surface area contributed by atoms with Crippen molar-refractivity contribution in [3.8, 4) is 0 Å². The number of rotatable bonds is 3. The number of fused-ring (bicyclic) bond motifs is 1. The van der Waals surface area contributed by atoms with E-state index in [1.165, 1.54) is 29.7 Å². The molecule has 0 bridgehead atoms. The first-order valence-electron chi connectivity index (χ1n) is 6.42. The van der Waals surface area contributed by atoms with E-state index in [9.17, 15) is 0 Å². The Labute approximate surface area is 102 Å². The van der Waals surface area contributed by atoms with Crippen LogP contribution >= 0.6 is 0 Å². The van der Waals surface area contributed by atoms with Gasteiger partial charge in [0.1, 0.15) is 5.82 Å². The highest BCUT2D eigenvalue weighted by Crippen LogP contribution is 2.40. The van der Waals surface area contributed by atoms with Crippen LogP contribution in [0.1, 0.15) is 49.5 Å². The molecule has 1 aromatic heterocycles. The van der Waals surface area contributed by atoms with Gasteiger partial charge >= 0.3 is 0 Å². The van der Waals surface area contributed by atoms with Gasteiger partial charge in [0.05, 0.1) is 11.0 Å². The maximum atomic E-state index is 6.07. The van der Waals surface area contributed by atoms with Gasteiger partial charge in [-0.25, -0.2) is 4.98 Å². The van der Waals surface area contributed by atoms with Crippen LogP contribution in [0.2, 0.25) is 0 Å². The molecular weight excluding hydrogens is 210 g/mol. The summed E-state index contributed by atoms with van der Waals surface area (Å²) >= 11 is 0. The molecule has 3 nitrogen and oxygen atoms in total. The van der Waals surface area contributed by atoms with E-state index >= 15 is 0 Å². The van der Waals surface area contributed by atoms with Crippen molar-refractivity contribution >= 4 is 11.0 Å². The van der Waals surface area contributed by atoms with Gasteiger partial charge < -0.3 is 10.3 Å². The van der Waals surface area contributed by atoms with Gasteiger partial charge in [0.15, 0.2) is 0 Å². The lowest BCUT2D eigenvalue weighted by atomic mass is 10.1. The molecule has 0 radical (unpaired) electrons. The van der Waals surface area contributed by atoms with Crippen molar-refractivity contribution in [2.45, 2.75) is 38.1 Å². The average molecular weight is 229 g/mol. The van der Waals surface area contributed by atoms with Crippen LogP contribution in [0.5, 0.6) is 0 Å². The minimum atomic E-state index is 0.130. The summed E-state index contributed by atoms with van der Waals surface area (Å²) in [5.74, 6) is 1.93. The lowest BCUT2D eigenvalue weighted by molar-refractivity contribution is 0.699. The first-order chi connectivity index (χ1) is 8.20. The van der Waals surface area contributed by atoms with E-state index in [-0.39, 0.29) is 6.04 Å². The summed E-state index contributed by atoms with van der Waals surface area (Å²) in [5, 5.41) is 0. The Kier molecular flexibility index (Phi) is 2.44. The summed E-state index contributed by atoms with van der Waals surface area (Å²) in [6, 6.07) is 6.56. The predicted molar refractivity (Wildman–Crippen MR) is 69.9 cm³/mol. The van der Waals surface area contributed by atoms with Crippen LogP contribution in [0.4, 0.5) is 0 Å². The summed E-state index contributed by atoms with van der Waals surface area (Å²) in [7, 11) is 2.11.